The first-order valence-electron chi connectivity index (χ1n) is 6.47. The third kappa shape index (κ3) is 3.22. The molecule has 0 aliphatic carbocycles. The van der Waals surface area contributed by atoms with Gasteiger partial charge in [0.2, 0.25) is 0 Å². The van der Waals surface area contributed by atoms with E-state index in [4.69, 9.17) is 21.7 Å². The van der Waals surface area contributed by atoms with Crippen molar-refractivity contribution in [2.75, 3.05) is 14.2 Å². The van der Waals surface area contributed by atoms with Crippen LogP contribution in [0.3, 0.4) is 0 Å². The van der Waals surface area contributed by atoms with E-state index in [1.807, 2.05) is 26.0 Å². The summed E-state index contributed by atoms with van der Waals surface area (Å²) in [5, 5.41) is 0. The van der Waals surface area contributed by atoms with Crippen LogP contribution in [0.4, 0.5) is 0 Å². The minimum atomic E-state index is -0.0575. The van der Waals surface area contributed by atoms with Crippen LogP contribution >= 0.6 is 24.0 Å². The number of rotatable bonds is 4. The van der Waals surface area contributed by atoms with Crippen LogP contribution in [0.1, 0.15) is 19.4 Å². The molecule has 1 heterocycles. The van der Waals surface area contributed by atoms with Gasteiger partial charge in [-0.25, -0.2) is 0 Å². The van der Waals surface area contributed by atoms with Gasteiger partial charge in [0.1, 0.15) is 15.8 Å². The molecule has 1 aliphatic rings. The number of hydrogen-bond donors (Lipinski definition) is 0. The van der Waals surface area contributed by atoms with Gasteiger partial charge < -0.3 is 9.47 Å². The lowest BCUT2D eigenvalue weighted by Crippen LogP contribution is -2.34. The monoisotopic (exact) mass is 323 g/mol. The quantitative estimate of drug-likeness (QED) is 0.628. The lowest BCUT2D eigenvalue weighted by atomic mass is 10.1. The van der Waals surface area contributed by atoms with Crippen molar-refractivity contribution in [3.05, 3.63) is 28.7 Å². The van der Waals surface area contributed by atoms with E-state index >= 15 is 0 Å². The maximum absolute atomic E-state index is 12.4. The van der Waals surface area contributed by atoms with Crippen molar-refractivity contribution in [3.63, 3.8) is 0 Å². The number of methoxy groups -OCH3 is 2. The summed E-state index contributed by atoms with van der Waals surface area (Å²) in [6, 6.07) is 5.53. The van der Waals surface area contributed by atoms with Crippen molar-refractivity contribution in [3.8, 4) is 11.5 Å². The molecule has 0 N–H and O–H groups in total. The van der Waals surface area contributed by atoms with E-state index in [1.54, 1.807) is 31.3 Å². The molecule has 0 saturated carbocycles. The van der Waals surface area contributed by atoms with Crippen LogP contribution < -0.4 is 9.47 Å². The minimum Gasteiger partial charge on any atom is -0.497 e. The van der Waals surface area contributed by atoms with Crippen molar-refractivity contribution in [1.29, 1.82) is 0 Å². The van der Waals surface area contributed by atoms with E-state index in [2.05, 4.69) is 0 Å². The van der Waals surface area contributed by atoms with Crippen LogP contribution in [-0.2, 0) is 4.79 Å². The second-order valence-corrected chi connectivity index (χ2v) is 6.43. The molecule has 21 heavy (non-hydrogen) atoms. The highest BCUT2D eigenvalue weighted by atomic mass is 32.2. The maximum Gasteiger partial charge on any atom is 0.266 e. The maximum atomic E-state index is 12.4. The molecule has 4 nitrogen and oxygen atoms in total. The molecule has 2 rings (SSSR count). The number of hydrogen-bond acceptors (Lipinski definition) is 5. The molecule has 0 atom stereocenters. The summed E-state index contributed by atoms with van der Waals surface area (Å²) < 4.78 is 11.1. The highest BCUT2D eigenvalue weighted by molar-refractivity contribution is 8.26. The van der Waals surface area contributed by atoms with Gasteiger partial charge in [0.05, 0.1) is 19.1 Å². The van der Waals surface area contributed by atoms with Crippen LogP contribution in [0.25, 0.3) is 6.08 Å². The van der Waals surface area contributed by atoms with Crippen LogP contribution in [0.2, 0.25) is 0 Å². The SMILES string of the molecule is COc1ccc(C=C2SC(=S)N(C(C)C)C2=O)c(OC)c1. The van der Waals surface area contributed by atoms with E-state index in [0.29, 0.717) is 20.7 Å². The number of thioether (sulfide) groups is 1. The fraction of sp³-hybridized carbons (Fsp3) is 0.333. The van der Waals surface area contributed by atoms with Crippen LogP contribution in [0.5, 0.6) is 11.5 Å². The van der Waals surface area contributed by atoms with Gasteiger partial charge in [0.15, 0.2) is 0 Å². The number of amides is 1. The Morgan fingerprint density at radius 1 is 1.29 bits per heavy atom. The number of benzene rings is 1. The van der Waals surface area contributed by atoms with Crippen LogP contribution in [0.15, 0.2) is 23.1 Å². The summed E-state index contributed by atoms with van der Waals surface area (Å²) in [4.78, 5) is 14.6. The summed E-state index contributed by atoms with van der Waals surface area (Å²) in [5.41, 5.74) is 0.822. The molecule has 1 amide bonds. The number of carbonyl (C=O) groups is 1. The first kappa shape index (κ1) is 15.9. The Hall–Kier alpha value is -1.53. The molecule has 0 unspecified atom stereocenters. The smallest absolute Gasteiger partial charge is 0.266 e. The van der Waals surface area contributed by atoms with Gasteiger partial charge in [-0.05, 0) is 32.1 Å². The molecule has 0 bridgehead atoms. The average molecular weight is 323 g/mol. The highest BCUT2D eigenvalue weighted by Gasteiger charge is 2.33. The number of nitrogens with zero attached hydrogens (tertiary/aromatic N) is 1. The van der Waals surface area contributed by atoms with Gasteiger partial charge in [-0.2, -0.15) is 0 Å². The van der Waals surface area contributed by atoms with Crippen molar-refractivity contribution in [2.24, 2.45) is 0 Å². The predicted octanol–water partition coefficient (Wildman–Crippen LogP) is 3.31. The van der Waals surface area contributed by atoms with Gasteiger partial charge in [0.25, 0.3) is 5.91 Å². The number of carbonyl (C=O) groups excluding carboxylic acids is 1. The topological polar surface area (TPSA) is 38.8 Å². The van der Waals surface area contributed by atoms with Crippen molar-refractivity contribution >= 4 is 40.3 Å². The zero-order valence-corrected chi connectivity index (χ0v) is 14.0. The standard InChI is InChI=1S/C15H17NO3S2/c1-9(2)16-14(17)13(21-15(16)20)7-10-5-6-11(18-3)8-12(10)19-4/h5-9H,1-4H3. The predicted molar refractivity (Wildman–Crippen MR) is 89.7 cm³/mol. The summed E-state index contributed by atoms with van der Waals surface area (Å²) in [6.07, 6.45) is 1.81. The van der Waals surface area contributed by atoms with E-state index in [0.717, 1.165) is 5.56 Å². The Morgan fingerprint density at radius 3 is 2.52 bits per heavy atom. The zero-order chi connectivity index (χ0) is 15.6. The Kier molecular flexibility index (Phi) is 4.90. The van der Waals surface area contributed by atoms with E-state index in [-0.39, 0.29) is 11.9 Å². The first-order chi connectivity index (χ1) is 9.97. The van der Waals surface area contributed by atoms with E-state index in [1.165, 1.54) is 11.8 Å². The summed E-state index contributed by atoms with van der Waals surface area (Å²) in [6.45, 7) is 3.89. The Balaban J connectivity index is 2.37. The average Bonchev–Trinajstić information content (AvgIpc) is 2.73. The summed E-state index contributed by atoms with van der Waals surface area (Å²) in [5.74, 6) is 1.31. The molecule has 1 aliphatic heterocycles. The van der Waals surface area contributed by atoms with Crippen molar-refractivity contribution in [1.82, 2.24) is 4.90 Å². The van der Waals surface area contributed by atoms with Gasteiger partial charge in [0, 0.05) is 17.7 Å². The minimum absolute atomic E-state index is 0.0566. The molecule has 1 saturated heterocycles. The third-order valence-corrected chi connectivity index (χ3v) is 4.40. The Bertz CT molecular complexity index is 611. The Labute approximate surface area is 134 Å². The first-order valence-corrected chi connectivity index (χ1v) is 7.69. The van der Waals surface area contributed by atoms with Crippen LogP contribution in [-0.4, -0.2) is 35.4 Å². The molecular formula is C15H17NO3S2. The fourth-order valence-corrected chi connectivity index (χ4v) is 3.52. The highest BCUT2D eigenvalue weighted by Crippen LogP contribution is 2.36. The van der Waals surface area contributed by atoms with Gasteiger partial charge >= 0.3 is 0 Å². The van der Waals surface area contributed by atoms with E-state index < -0.39 is 0 Å². The van der Waals surface area contributed by atoms with Gasteiger partial charge in [-0.15, -0.1) is 0 Å². The molecular weight excluding hydrogens is 306 g/mol. The lowest BCUT2D eigenvalue weighted by Gasteiger charge is -2.18. The number of ether oxygens (including phenoxy) is 2. The van der Waals surface area contributed by atoms with Crippen LogP contribution in [0, 0.1) is 0 Å². The van der Waals surface area contributed by atoms with Crippen molar-refractivity contribution < 1.29 is 14.3 Å². The molecule has 0 aromatic heterocycles. The lowest BCUT2D eigenvalue weighted by molar-refractivity contribution is -0.123. The second kappa shape index (κ2) is 6.49. The van der Waals surface area contributed by atoms with Gasteiger partial charge in [-0.1, -0.05) is 24.0 Å². The van der Waals surface area contributed by atoms with Crippen molar-refractivity contribution in [2.45, 2.75) is 19.9 Å². The largest absolute Gasteiger partial charge is 0.497 e. The normalized spacial score (nSPS) is 17.0. The molecule has 1 aromatic rings. The van der Waals surface area contributed by atoms with Gasteiger partial charge in [-0.3, -0.25) is 9.69 Å². The molecule has 112 valence electrons. The fourth-order valence-electron chi connectivity index (χ4n) is 2.00. The summed E-state index contributed by atoms with van der Waals surface area (Å²) in [7, 11) is 3.19. The second-order valence-electron chi connectivity index (χ2n) is 4.75. The molecule has 1 aromatic carbocycles. The van der Waals surface area contributed by atoms with E-state index in [9.17, 15) is 4.79 Å². The molecule has 0 radical (unpaired) electrons. The third-order valence-electron chi connectivity index (χ3n) is 3.07. The molecule has 1 fully saturated rings. The zero-order valence-electron chi connectivity index (χ0n) is 12.4. The molecule has 0 spiro atoms. The Morgan fingerprint density at radius 2 is 2.00 bits per heavy atom. The molecule has 6 heteroatoms. The number of thiocarbonyl (C=S) groups is 1. The summed E-state index contributed by atoms with van der Waals surface area (Å²) >= 11 is 6.58.